The maximum absolute atomic E-state index is 10.7. The first kappa shape index (κ1) is 6.44. The van der Waals surface area contributed by atoms with E-state index < -0.39 is 10.2 Å². The number of nitrogens with zero attached hydrogens (tertiary/aromatic N) is 2. The Balaban J connectivity index is 2.40. The molecule has 2 rings (SSSR count). The monoisotopic (exact) mass is 179 g/mol. The molecule has 0 bridgehead atoms. The van der Waals surface area contributed by atoms with Crippen molar-refractivity contribution in [1.29, 1.82) is 0 Å². The summed E-state index contributed by atoms with van der Waals surface area (Å²) in [7, 11) is -3.36. The molecule has 0 aromatic rings. The predicted octanol–water partition coefficient (Wildman–Crippen LogP) is -0.846. The molecule has 0 aromatic heterocycles. The van der Waals surface area contributed by atoms with Crippen LogP contribution in [0.2, 0.25) is 0 Å². The molecule has 0 aromatic carbocycles. The number of nitrogens with one attached hydrogen (secondary N) is 1. The molecule has 1 saturated heterocycles. The van der Waals surface area contributed by atoms with E-state index in [0.717, 1.165) is 5.75 Å². The number of thioether (sulfide) groups is 1. The van der Waals surface area contributed by atoms with Crippen LogP contribution in [0, 0.1) is 0 Å². The van der Waals surface area contributed by atoms with Gasteiger partial charge in [0.1, 0.15) is 0 Å². The zero-order valence-electron chi connectivity index (χ0n) is 4.94. The number of amidine groups is 1. The van der Waals surface area contributed by atoms with Crippen molar-refractivity contribution in [3.63, 3.8) is 0 Å². The molecule has 2 aliphatic heterocycles. The van der Waals surface area contributed by atoms with Gasteiger partial charge < -0.3 is 0 Å². The summed E-state index contributed by atoms with van der Waals surface area (Å²) in [5, 5.41) is 2.11. The van der Waals surface area contributed by atoms with Gasteiger partial charge in [0, 0.05) is 12.3 Å². The molecule has 0 aliphatic carbocycles. The van der Waals surface area contributed by atoms with Crippen LogP contribution in [0.1, 0.15) is 0 Å². The first-order valence-corrected chi connectivity index (χ1v) is 5.13. The molecule has 7 heteroatoms. The first-order valence-electron chi connectivity index (χ1n) is 2.70. The molecule has 10 heavy (non-hydrogen) atoms. The number of fused-ring (bicyclic) bond motifs is 1. The van der Waals surface area contributed by atoms with Gasteiger partial charge in [-0.15, -0.1) is 9.23 Å². The number of rotatable bonds is 0. The van der Waals surface area contributed by atoms with Gasteiger partial charge in [0.25, 0.3) is 0 Å². The van der Waals surface area contributed by atoms with Crippen molar-refractivity contribution >= 4 is 27.1 Å². The molecular formula is C3H5N3O2S2. The van der Waals surface area contributed by atoms with E-state index in [2.05, 4.69) is 9.23 Å². The summed E-state index contributed by atoms with van der Waals surface area (Å²) in [5.41, 5.74) is 0. The Labute approximate surface area is 62.7 Å². The smallest absolute Gasteiger partial charge is 0.270 e. The Kier molecular flexibility index (Phi) is 1.20. The Morgan fingerprint density at radius 3 is 3.20 bits per heavy atom. The fraction of sp³-hybridized carbons (Fsp3) is 0.667. The van der Waals surface area contributed by atoms with Gasteiger partial charge >= 0.3 is 10.2 Å². The van der Waals surface area contributed by atoms with Crippen LogP contribution in [-0.2, 0) is 10.2 Å². The average Bonchev–Trinajstić information content (AvgIpc) is 2.20. The number of hydrazine groups is 1. The van der Waals surface area contributed by atoms with E-state index >= 15 is 0 Å². The van der Waals surface area contributed by atoms with Crippen molar-refractivity contribution in [2.45, 2.75) is 0 Å². The first-order chi connectivity index (χ1) is 4.67. The molecule has 0 radical (unpaired) electrons. The zero-order chi connectivity index (χ0) is 7.19. The second kappa shape index (κ2) is 1.86. The van der Waals surface area contributed by atoms with Gasteiger partial charge in [-0.25, -0.2) is 0 Å². The van der Waals surface area contributed by atoms with Crippen molar-refractivity contribution in [1.82, 2.24) is 9.84 Å². The predicted molar refractivity (Wildman–Crippen MR) is 38.7 cm³/mol. The lowest BCUT2D eigenvalue weighted by Gasteiger charge is -2.06. The van der Waals surface area contributed by atoms with E-state index in [0.29, 0.717) is 11.7 Å². The topological polar surface area (TPSA) is 61.8 Å². The third-order valence-corrected chi connectivity index (χ3v) is 3.14. The van der Waals surface area contributed by atoms with Crippen LogP contribution in [0.4, 0.5) is 0 Å². The lowest BCUT2D eigenvalue weighted by molar-refractivity contribution is 0.428. The minimum Gasteiger partial charge on any atom is -0.270 e. The van der Waals surface area contributed by atoms with Crippen molar-refractivity contribution in [3.05, 3.63) is 0 Å². The highest BCUT2D eigenvalue weighted by Gasteiger charge is 2.31. The second-order valence-electron chi connectivity index (χ2n) is 1.94. The Bertz CT molecular complexity index is 282. The number of hydrogen-bond donors (Lipinski definition) is 1. The van der Waals surface area contributed by atoms with Crippen LogP contribution < -0.4 is 4.83 Å². The van der Waals surface area contributed by atoms with Gasteiger partial charge in [-0.1, -0.05) is 11.8 Å². The molecule has 1 fully saturated rings. The minimum absolute atomic E-state index is 0.569. The van der Waals surface area contributed by atoms with Gasteiger partial charge in [0.15, 0.2) is 5.17 Å². The standard InChI is InChI=1S/C3H5N3O2S2/c7-10(8)4-3-6(5-10)1-2-9-3/h5H,1-2H2. The zero-order valence-corrected chi connectivity index (χ0v) is 6.57. The summed E-state index contributed by atoms with van der Waals surface area (Å²) >= 11 is 1.45. The summed E-state index contributed by atoms with van der Waals surface area (Å²) in [6.07, 6.45) is 0. The highest BCUT2D eigenvalue weighted by atomic mass is 32.2. The molecular weight excluding hydrogens is 174 g/mol. The van der Waals surface area contributed by atoms with Crippen LogP contribution in [0.3, 0.4) is 0 Å². The lowest BCUT2D eigenvalue weighted by Crippen LogP contribution is -2.34. The average molecular weight is 179 g/mol. The van der Waals surface area contributed by atoms with Crippen molar-refractivity contribution in [3.8, 4) is 0 Å². The molecule has 0 saturated carbocycles. The van der Waals surface area contributed by atoms with Crippen molar-refractivity contribution in [2.24, 2.45) is 4.40 Å². The molecule has 2 aliphatic rings. The van der Waals surface area contributed by atoms with E-state index in [1.807, 2.05) is 0 Å². The summed E-state index contributed by atoms with van der Waals surface area (Å²) in [4.78, 5) is 2.27. The van der Waals surface area contributed by atoms with Crippen LogP contribution in [-0.4, -0.2) is 30.9 Å². The second-order valence-corrected chi connectivity index (χ2v) is 4.32. The molecule has 0 atom stereocenters. The third-order valence-electron chi connectivity index (χ3n) is 1.20. The summed E-state index contributed by atoms with van der Waals surface area (Å²) in [6, 6.07) is 0. The molecule has 5 nitrogen and oxygen atoms in total. The van der Waals surface area contributed by atoms with E-state index in [1.54, 1.807) is 5.01 Å². The van der Waals surface area contributed by atoms with Gasteiger partial charge in [-0.2, -0.15) is 8.42 Å². The maximum atomic E-state index is 10.7. The van der Waals surface area contributed by atoms with Crippen LogP contribution in [0.25, 0.3) is 0 Å². The molecule has 0 amide bonds. The largest absolute Gasteiger partial charge is 0.339 e. The van der Waals surface area contributed by atoms with Crippen LogP contribution >= 0.6 is 11.8 Å². The van der Waals surface area contributed by atoms with E-state index in [1.165, 1.54) is 11.8 Å². The summed E-state index contributed by atoms with van der Waals surface area (Å²) in [5.74, 6) is 0.904. The fourth-order valence-corrected chi connectivity index (χ4v) is 2.94. The van der Waals surface area contributed by atoms with E-state index in [4.69, 9.17) is 0 Å². The molecule has 1 N–H and O–H groups in total. The van der Waals surface area contributed by atoms with Crippen molar-refractivity contribution in [2.75, 3.05) is 12.3 Å². The SMILES string of the molecule is O=S1(=O)N=C2SCCN2N1. The van der Waals surface area contributed by atoms with Crippen LogP contribution in [0.15, 0.2) is 4.40 Å². The summed E-state index contributed by atoms with van der Waals surface area (Å²) in [6.45, 7) is 0.711. The third kappa shape index (κ3) is 0.899. The highest BCUT2D eigenvalue weighted by Crippen LogP contribution is 2.21. The molecule has 0 unspecified atom stereocenters. The Morgan fingerprint density at radius 1 is 1.70 bits per heavy atom. The quantitative estimate of drug-likeness (QED) is 0.526. The van der Waals surface area contributed by atoms with Gasteiger partial charge in [-0.05, 0) is 0 Å². The van der Waals surface area contributed by atoms with E-state index in [9.17, 15) is 8.42 Å². The van der Waals surface area contributed by atoms with Gasteiger partial charge in [0.2, 0.25) is 0 Å². The van der Waals surface area contributed by atoms with Gasteiger partial charge in [0.05, 0.1) is 0 Å². The lowest BCUT2D eigenvalue weighted by atomic mass is 10.7. The number of hydrogen-bond acceptors (Lipinski definition) is 4. The normalized spacial score (nSPS) is 28.4. The Hall–Kier alpha value is -0.270. The van der Waals surface area contributed by atoms with Crippen molar-refractivity contribution < 1.29 is 8.42 Å². The molecule has 0 spiro atoms. The molecule has 2 heterocycles. The van der Waals surface area contributed by atoms with Crippen LogP contribution in [0.5, 0.6) is 0 Å². The van der Waals surface area contributed by atoms with E-state index in [-0.39, 0.29) is 0 Å². The maximum Gasteiger partial charge on any atom is 0.339 e. The highest BCUT2D eigenvalue weighted by molar-refractivity contribution is 8.15. The summed E-state index contributed by atoms with van der Waals surface area (Å²) < 4.78 is 24.8. The minimum atomic E-state index is -3.36. The molecule has 56 valence electrons. The Morgan fingerprint density at radius 2 is 2.50 bits per heavy atom. The van der Waals surface area contributed by atoms with Gasteiger partial charge in [-0.3, -0.25) is 5.01 Å². The fourth-order valence-electron chi connectivity index (χ4n) is 0.825.